The maximum atomic E-state index is 13.5. The number of halogens is 1. The fraction of sp³-hybridized carbons (Fsp3) is 0.385. The number of carbonyl (C=O) groups excluding carboxylic acids is 2. The van der Waals surface area contributed by atoms with Gasteiger partial charge in [0.25, 0.3) is 5.91 Å². The van der Waals surface area contributed by atoms with Crippen LogP contribution in [0.15, 0.2) is 54.6 Å². The first kappa shape index (κ1) is 24.4. The van der Waals surface area contributed by atoms with E-state index in [9.17, 15) is 14.7 Å². The van der Waals surface area contributed by atoms with Crippen molar-refractivity contribution >= 4 is 34.8 Å². The lowest BCUT2D eigenvalue weighted by Gasteiger charge is -2.27. The van der Waals surface area contributed by atoms with Crippen LogP contribution >= 0.6 is 11.6 Å². The SMILES string of the molecule is C[C@H](/C=C/CCO)[C@@]1(O)C(=O)N(Cc2ccc(NC(=O)[C@H]3CCCN3)cc2)c2ccc(Cl)cc21. The number of rotatable bonds is 8. The number of aliphatic hydroxyl groups excluding tert-OH is 1. The van der Waals surface area contributed by atoms with Gasteiger partial charge in [0, 0.05) is 28.8 Å². The van der Waals surface area contributed by atoms with Crippen molar-refractivity contribution in [3.8, 4) is 0 Å². The number of amides is 2. The van der Waals surface area contributed by atoms with Gasteiger partial charge in [0.05, 0.1) is 18.3 Å². The molecule has 2 amide bonds. The maximum Gasteiger partial charge on any atom is 0.264 e. The van der Waals surface area contributed by atoms with Gasteiger partial charge in [0.1, 0.15) is 0 Å². The van der Waals surface area contributed by atoms with E-state index < -0.39 is 17.4 Å². The third kappa shape index (κ3) is 4.74. The van der Waals surface area contributed by atoms with Crippen LogP contribution in [-0.4, -0.2) is 41.2 Å². The average molecular weight is 484 g/mol. The Morgan fingerprint density at radius 3 is 2.76 bits per heavy atom. The number of benzene rings is 2. The van der Waals surface area contributed by atoms with E-state index in [2.05, 4.69) is 10.6 Å². The molecule has 2 heterocycles. The topological polar surface area (TPSA) is 102 Å². The number of carbonyl (C=O) groups is 2. The number of hydrogen-bond donors (Lipinski definition) is 4. The van der Waals surface area contributed by atoms with Crippen LogP contribution in [0.25, 0.3) is 0 Å². The van der Waals surface area contributed by atoms with Crippen LogP contribution in [0.4, 0.5) is 11.4 Å². The molecule has 2 aromatic rings. The Morgan fingerprint density at radius 1 is 1.32 bits per heavy atom. The largest absolute Gasteiger partial charge is 0.396 e. The number of fused-ring (bicyclic) bond motifs is 1. The van der Waals surface area contributed by atoms with Gasteiger partial charge in [-0.15, -0.1) is 0 Å². The molecule has 34 heavy (non-hydrogen) atoms. The average Bonchev–Trinajstić information content (AvgIpc) is 3.44. The van der Waals surface area contributed by atoms with Crippen LogP contribution in [0.3, 0.4) is 0 Å². The summed E-state index contributed by atoms with van der Waals surface area (Å²) < 4.78 is 0. The van der Waals surface area contributed by atoms with Gasteiger partial charge in [0.2, 0.25) is 5.91 Å². The minimum absolute atomic E-state index is 0.00223. The molecule has 2 aromatic carbocycles. The highest BCUT2D eigenvalue weighted by Crippen LogP contribution is 2.46. The molecule has 0 saturated carbocycles. The van der Waals surface area contributed by atoms with Gasteiger partial charge in [-0.25, -0.2) is 0 Å². The van der Waals surface area contributed by atoms with E-state index in [1.165, 1.54) is 0 Å². The molecular formula is C26H30ClN3O4. The summed E-state index contributed by atoms with van der Waals surface area (Å²) in [5.74, 6) is -0.981. The molecule has 2 aliphatic rings. The van der Waals surface area contributed by atoms with E-state index in [1.54, 1.807) is 42.2 Å². The lowest BCUT2D eigenvalue weighted by Crippen LogP contribution is -2.44. The van der Waals surface area contributed by atoms with Crippen LogP contribution in [0.5, 0.6) is 0 Å². The molecule has 7 nitrogen and oxygen atoms in total. The highest BCUT2D eigenvalue weighted by atomic mass is 35.5. The minimum Gasteiger partial charge on any atom is -0.396 e. The lowest BCUT2D eigenvalue weighted by molar-refractivity contribution is -0.139. The first-order chi connectivity index (χ1) is 16.3. The smallest absolute Gasteiger partial charge is 0.264 e. The van der Waals surface area contributed by atoms with Crippen molar-refractivity contribution in [2.45, 2.75) is 44.4 Å². The molecular weight excluding hydrogens is 454 g/mol. The van der Waals surface area contributed by atoms with E-state index in [-0.39, 0.29) is 25.1 Å². The summed E-state index contributed by atoms with van der Waals surface area (Å²) in [5.41, 5.74) is 0.887. The fourth-order valence-corrected chi connectivity index (χ4v) is 4.78. The Balaban J connectivity index is 1.54. The Labute approximate surface area is 204 Å². The van der Waals surface area contributed by atoms with Gasteiger partial charge in [-0.3, -0.25) is 9.59 Å². The number of aliphatic hydroxyl groups is 2. The van der Waals surface area contributed by atoms with Crippen molar-refractivity contribution in [3.05, 3.63) is 70.8 Å². The van der Waals surface area contributed by atoms with Gasteiger partial charge < -0.3 is 25.7 Å². The van der Waals surface area contributed by atoms with Crippen LogP contribution in [0, 0.1) is 5.92 Å². The lowest BCUT2D eigenvalue weighted by atomic mass is 9.83. The Hall–Kier alpha value is -2.71. The number of anilines is 2. The van der Waals surface area contributed by atoms with E-state index in [4.69, 9.17) is 16.7 Å². The van der Waals surface area contributed by atoms with Gasteiger partial charge in [-0.1, -0.05) is 42.8 Å². The van der Waals surface area contributed by atoms with E-state index in [1.807, 2.05) is 24.3 Å². The molecule has 2 aliphatic heterocycles. The second kappa shape index (κ2) is 10.3. The van der Waals surface area contributed by atoms with Crippen molar-refractivity contribution in [2.24, 2.45) is 5.92 Å². The molecule has 0 aliphatic carbocycles. The van der Waals surface area contributed by atoms with Crippen molar-refractivity contribution in [1.82, 2.24) is 5.32 Å². The van der Waals surface area contributed by atoms with Crippen LogP contribution in [-0.2, 0) is 21.7 Å². The third-order valence-corrected chi connectivity index (χ3v) is 6.78. The van der Waals surface area contributed by atoms with Crippen molar-refractivity contribution in [3.63, 3.8) is 0 Å². The predicted octanol–water partition coefficient (Wildman–Crippen LogP) is 3.34. The Bertz CT molecular complexity index is 1080. The van der Waals surface area contributed by atoms with Crippen LogP contribution < -0.4 is 15.5 Å². The van der Waals surface area contributed by atoms with Gasteiger partial charge >= 0.3 is 0 Å². The second-order valence-corrected chi connectivity index (χ2v) is 9.32. The number of hydrogen-bond acceptors (Lipinski definition) is 5. The van der Waals surface area contributed by atoms with E-state index in [0.717, 1.165) is 24.9 Å². The maximum absolute atomic E-state index is 13.5. The quantitative estimate of drug-likeness (QED) is 0.431. The second-order valence-electron chi connectivity index (χ2n) is 8.88. The minimum atomic E-state index is -1.76. The standard InChI is InChI=1S/C26H30ClN3O4/c1-17(5-2-3-14-31)26(34)21-15-19(27)9-12-23(21)30(25(26)33)16-18-7-10-20(11-8-18)29-24(32)22-6-4-13-28-22/h2,5,7-12,15,17,22,28,31,34H,3-4,6,13-14,16H2,1H3,(H,29,32)/b5-2+/t17-,22-,26+/m1/s1. The molecule has 3 atom stereocenters. The van der Waals surface area contributed by atoms with Crippen LogP contribution in [0.1, 0.15) is 37.3 Å². The molecule has 4 rings (SSSR count). The summed E-state index contributed by atoms with van der Waals surface area (Å²) >= 11 is 6.21. The normalized spacial score (nSPS) is 22.9. The molecule has 0 spiro atoms. The molecule has 1 fully saturated rings. The van der Waals surface area contributed by atoms with Gasteiger partial charge in [-0.2, -0.15) is 0 Å². The predicted molar refractivity (Wildman–Crippen MR) is 133 cm³/mol. The summed E-state index contributed by atoms with van der Waals surface area (Å²) in [4.78, 5) is 27.4. The van der Waals surface area contributed by atoms with E-state index in [0.29, 0.717) is 28.4 Å². The molecule has 1 saturated heterocycles. The summed E-state index contributed by atoms with van der Waals surface area (Å²) in [5, 5.41) is 27.2. The van der Waals surface area contributed by atoms with Crippen molar-refractivity contribution < 1.29 is 19.8 Å². The first-order valence-electron chi connectivity index (χ1n) is 11.6. The van der Waals surface area contributed by atoms with E-state index >= 15 is 0 Å². The summed E-state index contributed by atoms with van der Waals surface area (Å²) in [6.07, 6.45) is 5.78. The summed E-state index contributed by atoms with van der Waals surface area (Å²) in [6, 6.07) is 12.3. The molecule has 4 N–H and O–H groups in total. The highest BCUT2D eigenvalue weighted by Gasteiger charge is 2.52. The van der Waals surface area contributed by atoms with Crippen molar-refractivity contribution in [2.75, 3.05) is 23.4 Å². The Kier molecular flexibility index (Phi) is 7.38. The number of nitrogens with one attached hydrogen (secondary N) is 2. The van der Waals surface area contributed by atoms with Gasteiger partial charge in [0.15, 0.2) is 5.60 Å². The van der Waals surface area contributed by atoms with Crippen molar-refractivity contribution in [1.29, 1.82) is 0 Å². The molecule has 0 bridgehead atoms. The monoisotopic (exact) mass is 483 g/mol. The molecule has 0 radical (unpaired) electrons. The third-order valence-electron chi connectivity index (χ3n) is 6.55. The summed E-state index contributed by atoms with van der Waals surface area (Å²) in [7, 11) is 0. The Morgan fingerprint density at radius 2 is 2.09 bits per heavy atom. The zero-order chi connectivity index (χ0) is 24.3. The number of nitrogens with zero attached hydrogens (tertiary/aromatic N) is 1. The van der Waals surface area contributed by atoms with Gasteiger partial charge in [-0.05, 0) is 61.7 Å². The molecule has 0 aromatic heterocycles. The zero-order valence-corrected chi connectivity index (χ0v) is 19.9. The first-order valence-corrected chi connectivity index (χ1v) is 12.0. The van der Waals surface area contributed by atoms with Crippen LogP contribution in [0.2, 0.25) is 5.02 Å². The summed E-state index contributed by atoms with van der Waals surface area (Å²) in [6.45, 7) is 2.89. The molecule has 180 valence electrons. The fourth-order valence-electron chi connectivity index (χ4n) is 4.60. The highest BCUT2D eigenvalue weighted by molar-refractivity contribution is 6.31. The molecule has 8 heteroatoms. The zero-order valence-electron chi connectivity index (χ0n) is 19.1. The molecule has 0 unspecified atom stereocenters.